The Labute approximate surface area is 46.8 Å². The molecule has 1 aromatic heterocycles. The molecule has 0 bridgehead atoms. The van der Waals surface area contributed by atoms with Crippen LogP contribution in [0.25, 0.3) is 5.70 Å². The Morgan fingerprint density at radius 1 is 1.75 bits per heavy atom. The lowest BCUT2D eigenvalue weighted by molar-refractivity contribution is 0.800. The van der Waals surface area contributed by atoms with Gasteiger partial charge in [-0.1, -0.05) is 6.58 Å². The van der Waals surface area contributed by atoms with Gasteiger partial charge in [-0.25, -0.2) is 4.68 Å². The summed E-state index contributed by atoms with van der Waals surface area (Å²) in [6.45, 7) is 5.45. The first-order chi connectivity index (χ1) is 3.80. The van der Waals surface area contributed by atoms with E-state index in [0.29, 0.717) is 0 Å². The summed E-state index contributed by atoms with van der Waals surface area (Å²) in [5, 5.41) is 10.4. The van der Waals surface area contributed by atoms with Crippen LogP contribution in [-0.4, -0.2) is 20.2 Å². The lowest BCUT2D eigenvalue weighted by Gasteiger charge is -1.89. The van der Waals surface area contributed by atoms with E-state index in [1.54, 1.807) is 0 Å². The van der Waals surface area contributed by atoms with Gasteiger partial charge < -0.3 is 0 Å². The second kappa shape index (κ2) is 1.73. The van der Waals surface area contributed by atoms with Gasteiger partial charge in [-0.3, -0.25) is 0 Å². The first kappa shape index (κ1) is 4.96. The zero-order valence-electron chi connectivity index (χ0n) is 4.57. The van der Waals surface area contributed by atoms with Crippen molar-refractivity contribution < 1.29 is 0 Å². The molecule has 0 fully saturated rings. The van der Waals surface area contributed by atoms with E-state index in [2.05, 4.69) is 22.1 Å². The van der Waals surface area contributed by atoms with E-state index >= 15 is 0 Å². The second-order valence-electron chi connectivity index (χ2n) is 1.49. The van der Waals surface area contributed by atoms with E-state index in [1.165, 1.54) is 11.0 Å². The van der Waals surface area contributed by atoms with Crippen molar-refractivity contribution in [3.05, 3.63) is 12.9 Å². The predicted molar refractivity (Wildman–Crippen MR) is 28.8 cm³/mol. The maximum absolute atomic E-state index is 3.62. The molecule has 0 saturated heterocycles. The Bertz CT molecular complexity index is 176. The van der Waals surface area contributed by atoms with Crippen LogP contribution in [-0.2, 0) is 0 Å². The van der Waals surface area contributed by atoms with E-state index in [4.69, 9.17) is 0 Å². The number of nitrogens with zero attached hydrogens (tertiary/aromatic N) is 4. The first-order valence-corrected chi connectivity index (χ1v) is 2.19. The molecule has 0 aliphatic rings. The van der Waals surface area contributed by atoms with Gasteiger partial charge >= 0.3 is 0 Å². The fourth-order valence-corrected chi connectivity index (χ4v) is 0.336. The molecule has 0 saturated carbocycles. The normalized spacial score (nSPS) is 9.12. The van der Waals surface area contributed by atoms with E-state index in [9.17, 15) is 0 Å². The highest BCUT2D eigenvalue weighted by atomic mass is 15.5. The monoisotopic (exact) mass is 110 g/mol. The molecular formula is C4H6N4. The van der Waals surface area contributed by atoms with Crippen molar-refractivity contribution in [1.82, 2.24) is 20.2 Å². The molecule has 1 aromatic rings. The quantitative estimate of drug-likeness (QED) is 0.517. The Morgan fingerprint density at radius 3 is 2.75 bits per heavy atom. The van der Waals surface area contributed by atoms with Gasteiger partial charge in [0.15, 0.2) is 0 Å². The van der Waals surface area contributed by atoms with Gasteiger partial charge in [0.1, 0.15) is 6.33 Å². The standard InChI is InChI=1S/C4H6N4/c1-4(2)8-3-5-6-7-8/h3H,1H2,2H3. The second-order valence-corrected chi connectivity index (χ2v) is 1.49. The van der Waals surface area contributed by atoms with Crippen LogP contribution < -0.4 is 0 Å². The molecule has 0 unspecified atom stereocenters. The number of tetrazole rings is 1. The van der Waals surface area contributed by atoms with Crippen molar-refractivity contribution in [3.8, 4) is 0 Å². The summed E-state index contributed by atoms with van der Waals surface area (Å²) in [5.41, 5.74) is 0.815. The molecule has 1 heterocycles. The molecule has 4 heteroatoms. The Morgan fingerprint density at radius 2 is 2.50 bits per heavy atom. The molecule has 0 radical (unpaired) electrons. The third kappa shape index (κ3) is 0.726. The van der Waals surface area contributed by atoms with E-state index in [-0.39, 0.29) is 0 Å². The number of allylic oxidation sites excluding steroid dienone is 1. The topological polar surface area (TPSA) is 43.6 Å². The lowest BCUT2D eigenvalue weighted by Crippen LogP contribution is -1.91. The van der Waals surface area contributed by atoms with Crippen LogP contribution in [0.3, 0.4) is 0 Å². The van der Waals surface area contributed by atoms with E-state index in [1.807, 2.05) is 6.92 Å². The number of hydrogen-bond donors (Lipinski definition) is 0. The van der Waals surface area contributed by atoms with E-state index in [0.717, 1.165) is 5.70 Å². The van der Waals surface area contributed by atoms with Gasteiger partial charge in [-0.15, -0.1) is 5.10 Å². The highest BCUT2D eigenvalue weighted by molar-refractivity contribution is 5.33. The molecule has 0 spiro atoms. The van der Waals surface area contributed by atoms with Crippen molar-refractivity contribution in [2.24, 2.45) is 0 Å². The summed E-state index contributed by atoms with van der Waals surface area (Å²) < 4.78 is 1.50. The highest BCUT2D eigenvalue weighted by Crippen LogP contribution is 1.89. The molecule has 1 rings (SSSR count). The molecule has 0 aliphatic carbocycles. The molecule has 0 atom stereocenters. The maximum Gasteiger partial charge on any atom is 0.143 e. The van der Waals surface area contributed by atoms with Crippen LogP contribution in [0, 0.1) is 0 Å². The third-order valence-electron chi connectivity index (χ3n) is 0.740. The smallest absolute Gasteiger partial charge is 0.143 e. The Balaban J connectivity index is 2.93. The van der Waals surface area contributed by atoms with Crippen LogP contribution >= 0.6 is 0 Å². The SMILES string of the molecule is C=C(C)n1cnnn1. The largest absolute Gasteiger partial charge is 0.206 e. The van der Waals surface area contributed by atoms with Crippen molar-refractivity contribution in [2.75, 3.05) is 0 Å². The van der Waals surface area contributed by atoms with Gasteiger partial charge in [0.25, 0.3) is 0 Å². The van der Waals surface area contributed by atoms with Crippen molar-refractivity contribution in [3.63, 3.8) is 0 Å². The Kier molecular flexibility index (Phi) is 1.07. The minimum Gasteiger partial charge on any atom is -0.206 e. The van der Waals surface area contributed by atoms with Crippen LogP contribution in [0.15, 0.2) is 12.9 Å². The first-order valence-electron chi connectivity index (χ1n) is 2.19. The number of rotatable bonds is 1. The minimum atomic E-state index is 0.815. The predicted octanol–water partition coefficient (Wildman–Crippen LogP) is 0.164. The van der Waals surface area contributed by atoms with Crippen molar-refractivity contribution in [2.45, 2.75) is 6.92 Å². The summed E-state index contributed by atoms with van der Waals surface area (Å²) in [6, 6.07) is 0. The zero-order chi connectivity index (χ0) is 5.98. The van der Waals surface area contributed by atoms with Crippen LogP contribution in [0.4, 0.5) is 0 Å². The van der Waals surface area contributed by atoms with E-state index < -0.39 is 0 Å². The molecule has 0 aromatic carbocycles. The van der Waals surface area contributed by atoms with Crippen LogP contribution in [0.1, 0.15) is 6.92 Å². The average Bonchev–Trinajstić information content (AvgIpc) is 2.12. The van der Waals surface area contributed by atoms with Gasteiger partial charge in [0.05, 0.1) is 0 Å². The molecule has 0 amide bonds. The summed E-state index contributed by atoms with van der Waals surface area (Å²) in [5.74, 6) is 0. The van der Waals surface area contributed by atoms with Crippen molar-refractivity contribution in [1.29, 1.82) is 0 Å². The summed E-state index contributed by atoms with van der Waals surface area (Å²) in [4.78, 5) is 0. The number of hydrogen-bond acceptors (Lipinski definition) is 3. The van der Waals surface area contributed by atoms with Crippen LogP contribution in [0.5, 0.6) is 0 Å². The third-order valence-corrected chi connectivity index (χ3v) is 0.740. The fourth-order valence-electron chi connectivity index (χ4n) is 0.336. The van der Waals surface area contributed by atoms with Gasteiger partial charge in [-0.2, -0.15) is 0 Å². The molecule has 8 heavy (non-hydrogen) atoms. The van der Waals surface area contributed by atoms with Gasteiger partial charge in [0, 0.05) is 5.70 Å². The number of aromatic nitrogens is 4. The molecule has 0 aliphatic heterocycles. The van der Waals surface area contributed by atoms with Gasteiger partial charge in [0.2, 0.25) is 0 Å². The fraction of sp³-hybridized carbons (Fsp3) is 0.250. The van der Waals surface area contributed by atoms with Crippen molar-refractivity contribution >= 4 is 5.70 Å². The Hall–Kier alpha value is -1.19. The average molecular weight is 110 g/mol. The molecule has 0 N–H and O–H groups in total. The summed E-state index contributed by atoms with van der Waals surface area (Å²) in [6.07, 6.45) is 1.50. The lowest BCUT2D eigenvalue weighted by atomic mass is 10.6. The van der Waals surface area contributed by atoms with Crippen LogP contribution in [0.2, 0.25) is 0 Å². The van der Waals surface area contributed by atoms with Gasteiger partial charge in [-0.05, 0) is 17.4 Å². The zero-order valence-corrected chi connectivity index (χ0v) is 4.57. The molecule has 4 nitrogen and oxygen atoms in total. The summed E-state index contributed by atoms with van der Waals surface area (Å²) >= 11 is 0. The minimum absolute atomic E-state index is 0.815. The maximum atomic E-state index is 3.62. The highest BCUT2D eigenvalue weighted by Gasteiger charge is 1.87. The molecular weight excluding hydrogens is 104 g/mol. The molecule has 42 valence electrons. The summed E-state index contributed by atoms with van der Waals surface area (Å²) in [7, 11) is 0.